The van der Waals surface area contributed by atoms with Gasteiger partial charge in [0, 0.05) is 55.2 Å². The van der Waals surface area contributed by atoms with Crippen LogP contribution >= 0.6 is 0 Å². The van der Waals surface area contributed by atoms with Crippen molar-refractivity contribution in [1.29, 1.82) is 10.8 Å². The van der Waals surface area contributed by atoms with Gasteiger partial charge in [0.2, 0.25) is 0 Å². The van der Waals surface area contributed by atoms with Gasteiger partial charge in [0.1, 0.15) is 0 Å². The third-order valence-electron chi connectivity index (χ3n) is 6.91. The summed E-state index contributed by atoms with van der Waals surface area (Å²) in [4.78, 5) is 14.4. The molecule has 0 saturated carbocycles. The average Bonchev–Trinajstić information content (AvgIpc) is 2.99. The van der Waals surface area contributed by atoms with Crippen LogP contribution in [-0.4, -0.2) is 58.1 Å². The Morgan fingerprint density at radius 2 is 1.50 bits per heavy atom. The van der Waals surface area contributed by atoms with Crippen LogP contribution in [0.25, 0.3) is 33.5 Å². The van der Waals surface area contributed by atoms with Gasteiger partial charge in [-0.1, -0.05) is 60.7 Å². The van der Waals surface area contributed by atoms with Crippen molar-refractivity contribution in [3.05, 3.63) is 90.6 Å². The number of piperidine rings is 1. The molecule has 1 aliphatic rings. The monoisotopic (exact) mass is 535 g/mol. The summed E-state index contributed by atoms with van der Waals surface area (Å²) >= 11 is 0. The lowest BCUT2D eigenvalue weighted by atomic mass is 10.0. The second kappa shape index (κ2) is 14.0. The average molecular weight is 536 g/mol. The molecule has 40 heavy (non-hydrogen) atoms. The number of nitrogens with two attached hydrogens (primary N) is 3. The van der Waals surface area contributed by atoms with E-state index in [-0.39, 0.29) is 0 Å². The lowest BCUT2D eigenvalue weighted by molar-refractivity contribution is 0.168. The molecular formula is C31H37N9. The minimum Gasteiger partial charge on any atom is -0.399 e. The molecule has 5 rings (SSSR count). The van der Waals surface area contributed by atoms with Gasteiger partial charge in [-0.15, -0.1) is 0 Å². The van der Waals surface area contributed by atoms with Crippen molar-refractivity contribution in [3.63, 3.8) is 0 Å². The quantitative estimate of drug-likeness (QED) is 0.127. The highest BCUT2D eigenvalue weighted by atomic mass is 15.2. The molecule has 0 unspecified atom stereocenters. The van der Waals surface area contributed by atoms with E-state index in [1.807, 2.05) is 53.6 Å². The van der Waals surface area contributed by atoms with Gasteiger partial charge in [0.05, 0.1) is 35.1 Å². The van der Waals surface area contributed by atoms with Crippen LogP contribution in [-0.2, 0) is 6.54 Å². The van der Waals surface area contributed by atoms with Crippen LogP contribution in [0.1, 0.15) is 18.4 Å². The van der Waals surface area contributed by atoms with E-state index >= 15 is 0 Å². The Hall–Kier alpha value is -4.60. The van der Waals surface area contributed by atoms with Crippen molar-refractivity contribution in [2.45, 2.75) is 25.4 Å². The first kappa shape index (κ1) is 28.4. The maximum atomic E-state index is 7.70. The number of nitrogen functional groups attached to an aromatic ring is 1. The maximum Gasteiger partial charge on any atom is 0.0973 e. The molecule has 0 amide bonds. The predicted molar refractivity (Wildman–Crippen MR) is 165 cm³/mol. The van der Waals surface area contributed by atoms with Gasteiger partial charge in [0.25, 0.3) is 0 Å². The fourth-order valence-electron chi connectivity index (χ4n) is 4.92. The fraction of sp³-hybridized carbons (Fsp3) is 0.226. The van der Waals surface area contributed by atoms with Gasteiger partial charge in [0.15, 0.2) is 0 Å². The number of benzene rings is 3. The van der Waals surface area contributed by atoms with Crippen LogP contribution in [0.4, 0.5) is 5.69 Å². The zero-order chi connectivity index (χ0) is 28.3. The zero-order valence-electron chi connectivity index (χ0n) is 22.6. The summed E-state index contributed by atoms with van der Waals surface area (Å²) in [5.41, 5.74) is 23.4. The molecule has 0 radical (unpaired) electrons. The molecule has 9 heteroatoms. The van der Waals surface area contributed by atoms with Crippen molar-refractivity contribution in [2.24, 2.45) is 11.5 Å². The number of likely N-dealkylation sites (tertiary alicyclic amines) is 1. The summed E-state index contributed by atoms with van der Waals surface area (Å²) in [7, 11) is 0. The minimum atomic E-state index is 0.358. The van der Waals surface area contributed by atoms with Crippen molar-refractivity contribution < 1.29 is 0 Å². The Morgan fingerprint density at radius 1 is 0.875 bits per heavy atom. The number of aromatic nitrogens is 2. The third kappa shape index (κ3) is 7.07. The standard InChI is InChI=1S/C30H33N7.CH4N2/c31-15-4-16-37(21-32)26-13-17-36(18-14-26)20-22-7-9-24(10-8-22)30-29(23-5-2-1-3-6-23)35-28-19-25(33)11-12-27(28)34-30;2-1-3/h1-12,16,19,21,26,32H,13-15,17-18,20,31,33H2;1H,(H3,2,3)/b16-4+,32-21?;. The van der Waals surface area contributed by atoms with E-state index in [2.05, 4.69) is 47.0 Å². The largest absolute Gasteiger partial charge is 0.399 e. The van der Waals surface area contributed by atoms with Gasteiger partial charge in [-0.05, 0) is 36.6 Å². The SMILES string of the molecule is N=CN.N=CN(/C=C/CN)C1CCN(Cc2ccc(-c3nc4ccc(N)cc4nc3-c3ccccc3)cc2)CC1. The minimum absolute atomic E-state index is 0.358. The highest BCUT2D eigenvalue weighted by Gasteiger charge is 2.22. The van der Waals surface area contributed by atoms with Gasteiger partial charge < -0.3 is 22.1 Å². The number of hydrogen-bond acceptors (Lipinski definition) is 7. The van der Waals surface area contributed by atoms with Crippen LogP contribution in [0, 0.1) is 10.8 Å². The molecule has 206 valence electrons. The van der Waals surface area contributed by atoms with Crippen LogP contribution < -0.4 is 17.2 Å². The molecule has 1 fully saturated rings. The number of hydrogen-bond donors (Lipinski definition) is 5. The molecule has 9 nitrogen and oxygen atoms in total. The van der Waals surface area contributed by atoms with Crippen molar-refractivity contribution >= 4 is 29.4 Å². The van der Waals surface area contributed by atoms with Gasteiger partial charge in [-0.2, -0.15) is 0 Å². The molecule has 1 saturated heterocycles. The predicted octanol–water partition coefficient (Wildman–Crippen LogP) is 4.44. The Labute approximate surface area is 235 Å². The summed E-state index contributed by atoms with van der Waals surface area (Å²) in [6, 6.07) is 24.9. The zero-order valence-corrected chi connectivity index (χ0v) is 22.6. The van der Waals surface area contributed by atoms with Crippen LogP contribution in [0.3, 0.4) is 0 Å². The molecule has 1 aromatic heterocycles. The van der Waals surface area contributed by atoms with Gasteiger partial charge >= 0.3 is 0 Å². The summed E-state index contributed by atoms with van der Waals surface area (Å²) in [6.45, 7) is 3.41. The molecule has 3 aromatic carbocycles. The van der Waals surface area contributed by atoms with Gasteiger partial charge in [-0.3, -0.25) is 15.7 Å². The van der Waals surface area contributed by atoms with E-state index < -0.39 is 0 Å². The number of rotatable bonds is 8. The molecule has 0 spiro atoms. The Kier molecular flexibility index (Phi) is 9.93. The van der Waals surface area contributed by atoms with Crippen molar-refractivity contribution in [1.82, 2.24) is 19.8 Å². The summed E-state index contributed by atoms with van der Waals surface area (Å²) < 4.78 is 0. The lowest BCUT2D eigenvalue weighted by Gasteiger charge is -2.36. The van der Waals surface area contributed by atoms with E-state index in [9.17, 15) is 0 Å². The second-order valence-electron chi connectivity index (χ2n) is 9.60. The third-order valence-corrected chi connectivity index (χ3v) is 6.91. The molecule has 8 N–H and O–H groups in total. The first-order valence-electron chi connectivity index (χ1n) is 13.4. The van der Waals surface area contributed by atoms with E-state index in [0.717, 1.165) is 72.4 Å². The molecule has 1 aliphatic heterocycles. The summed E-state index contributed by atoms with van der Waals surface area (Å²) in [5, 5.41) is 13.6. The first-order chi connectivity index (χ1) is 19.6. The molecule has 0 bridgehead atoms. The highest BCUT2D eigenvalue weighted by Crippen LogP contribution is 2.32. The summed E-state index contributed by atoms with van der Waals surface area (Å²) in [6.07, 6.45) is 8.04. The Balaban J connectivity index is 0.00000118. The highest BCUT2D eigenvalue weighted by molar-refractivity contribution is 5.87. The van der Waals surface area contributed by atoms with E-state index in [0.29, 0.717) is 18.3 Å². The molecule has 2 heterocycles. The maximum absolute atomic E-state index is 7.70. The van der Waals surface area contributed by atoms with E-state index in [1.165, 1.54) is 11.9 Å². The topological polar surface area (TPSA) is 158 Å². The van der Waals surface area contributed by atoms with Gasteiger partial charge in [-0.25, -0.2) is 9.97 Å². The lowest BCUT2D eigenvalue weighted by Crippen LogP contribution is -2.42. The molecule has 4 aromatic rings. The van der Waals surface area contributed by atoms with Crippen LogP contribution in [0.5, 0.6) is 0 Å². The van der Waals surface area contributed by atoms with Crippen LogP contribution in [0.15, 0.2) is 85.1 Å². The number of fused-ring (bicyclic) bond motifs is 1. The van der Waals surface area contributed by atoms with Crippen molar-refractivity contribution in [2.75, 3.05) is 25.4 Å². The number of nitrogens with one attached hydrogen (secondary N) is 2. The summed E-state index contributed by atoms with van der Waals surface area (Å²) in [5.74, 6) is 0. The molecule has 0 aliphatic carbocycles. The Bertz CT molecular complexity index is 1430. The van der Waals surface area contributed by atoms with Crippen LogP contribution in [0.2, 0.25) is 0 Å². The fourth-order valence-corrected chi connectivity index (χ4v) is 4.92. The second-order valence-corrected chi connectivity index (χ2v) is 9.60. The number of nitrogens with zero attached hydrogens (tertiary/aromatic N) is 4. The smallest absolute Gasteiger partial charge is 0.0973 e. The molecule has 0 atom stereocenters. The van der Waals surface area contributed by atoms with E-state index in [1.54, 1.807) is 0 Å². The van der Waals surface area contributed by atoms with E-state index in [4.69, 9.17) is 32.3 Å². The molecular weight excluding hydrogens is 498 g/mol. The Morgan fingerprint density at radius 3 is 2.12 bits per heavy atom. The first-order valence-corrected chi connectivity index (χ1v) is 13.4. The normalized spacial score (nSPS) is 14.0. The van der Waals surface area contributed by atoms with Crippen molar-refractivity contribution in [3.8, 4) is 22.5 Å². The number of anilines is 1.